The molecule has 3 rings (SSSR count). The Morgan fingerprint density at radius 3 is 2.31 bits per heavy atom. The molecular formula is C20H23ClFN3O. The second-order valence-corrected chi connectivity index (χ2v) is 6.96. The van der Waals surface area contributed by atoms with Crippen molar-refractivity contribution in [3.63, 3.8) is 0 Å². The van der Waals surface area contributed by atoms with Crippen LogP contribution in [0.15, 0.2) is 48.5 Å². The predicted octanol–water partition coefficient (Wildman–Crippen LogP) is 3.31. The molecule has 138 valence electrons. The molecule has 0 spiro atoms. The second-order valence-electron chi connectivity index (χ2n) is 6.52. The van der Waals surface area contributed by atoms with Gasteiger partial charge in [0.25, 0.3) is 0 Å². The van der Waals surface area contributed by atoms with Crippen molar-refractivity contribution in [1.29, 1.82) is 0 Å². The van der Waals surface area contributed by atoms with E-state index >= 15 is 0 Å². The fraction of sp³-hybridized carbons (Fsp3) is 0.350. The number of rotatable bonds is 5. The van der Waals surface area contributed by atoms with Gasteiger partial charge in [0.05, 0.1) is 6.04 Å². The second kappa shape index (κ2) is 8.52. The number of carbonyl (C=O) groups excluding carboxylic acids is 1. The van der Waals surface area contributed by atoms with Gasteiger partial charge in [-0.25, -0.2) is 4.39 Å². The highest BCUT2D eigenvalue weighted by Gasteiger charge is 2.25. The van der Waals surface area contributed by atoms with Crippen LogP contribution in [0.25, 0.3) is 0 Å². The third-order valence-corrected chi connectivity index (χ3v) is 5.07. The first-order valence-electron chi connectivity index (χ1n) is 8.79. The van der Waals surface area contributed by atoms with Crippen molar-refractivity contribution in [2.75, 3.05) is 31.1 Å². The minimum Gasteiger partial charge on any atom is -0.369 e. The number of nitrogens with zero attached hydrogens (tertiary/aromatic N) is 2. The van der Waals surface area contributed by atoms with E-state index in [0.29, 0.717) is 6.54 Å². The minimum absolute atomic E-state index is 0.00531. The zero-order valence-electron chi connectivity index (χ0n) is 14.8. The molecule has 4 nitrogen and oxygen atoms in total. The topological polar surface area (TPSA) is 35.6 Å². The molecule has 1 unspecified atom stereocenters. The molecule has 0 saturated carbocycles. The monoisotopic (exact) mass is 375 g/mol. The molecule has 1 atom stereocenters. The zero-order valence-corrected chi connectivity index (χ0v) is 15.5. The van der Waals surface area contributed by atoms with Crippen LogP contribution in [-0.2, 0) is 11.3 Å². The molecule has 1 fully saturated rings. The lowest BCUT2D eigenvalue weighted by Gasteiger charge is -2.38. The molecule has 2 aromatic carbocycles. The molecule has 1 saturated heterocycles. The first kappa shape index (κ1) is 18.7. The normalized spacial score (nSPS) is 16.3. The SMILES string of the molecule is CC(C(=O)NCc1ccc(F)cc1)N1CCN(c2ccc(Cl)cc2)CC1. The van der Waals surface area contributed by atoms with E-state index < -0.39 is 0 Å². The van der Waals surface area contributed by atoms with Crippen LogP contribution in [0, 0.1) is 5.82 Å². The molecule has 1 amide bonds. The van der Waals surface area contributed by atoms with Gasteiger partial charge in [-0.05, 0) is 48.9 Å². The van der Waals surface area contributed by atoms with Crippen molar-refractivity contribution < 1.29 is 9.18 Å². The zero-order chi connectivity index (χ0) is 18.5. The van der Waals surface area contributed by atoms with Gasteiger partial charge in [-0.15, -0.1) is 0 Å². The third-order valence-electron chi connectivity index (χ3n) is 4.81. The molecule has 1 N–H and O–H groups in total. The Labute approximate surface area is 158 Å². The van der Waals surface area contributed by atoms with Gasteiger partial charge in [0.2, 0.25) is 5.91 Å². The van der Waals surface area contributed by atoms with Gasteiger partial charge in [0.1, 0.15) is 5.82 Å². The van der Waals surface area contributed by atoms with E-state index in [1.807, 2.05) is 31.2 Å². The van der Waals surface area contributed by atoms with E-state index in [0.717, 1.165) is 42.5 Å². The summed E-state index contributed by atoms with van der Waals surface area (Å²) in [7, 11) is 0. The number of benzene rings is 2. The van der Waals surface area contributed by atoms with Gasteiger partial charge >= 0.3 is 0 Å². The smallest absolute Gasteiger partial charge is 0.237 e. The fourth-order valence-corrected chi connectivity index (χ4v) is 3.25. The van der Waals surface area contributed by atoms with Gasteiger partial charge in [0.15, 0.2) is 0 Å². The van der Waals surface area contributed by atoms with Gasteiger partial charge in [0, 0.05) is 43.4 Å². The standard InChI is InChI=1S/C20H23ClFN3O/c1-15(20(26)23-14-16-2-6-18(22)7-3-16)24-10-12-25(13-11-24)19-8-4-17(21)5-9-19/h2-9,15H,10-14H2,1H3,(H,23,26). The van der Waals surface area contributed by atoms with Crippen LogP contribution in [0.4, 0.5) is 10.1 Å². The van der Waals surface area contributed by atoms with Crippen LogP contribution in [-0.4, -0.2) is 43.0 Å². The third kappa shape index (κ3) is 4.74. The van der Waals surface area contributed by atoms with Crippen molar-refractivity contribution in [2.24, 2.45) is 0 Å². The summed E-state index contributed by atoms with van der Waals surface area (Å²) >= 11 is 5.94. The van der Waals surface area contributed by atoms with E-state index in [4.69, 9.17) is 11.6 Å². The predicted molar refractivity (Wildman–Crippen MR) is 103 cm³/mol. The Bertz CT molecular complexity index is 728. The van der Waals surface area contributed by atoms with Gasteiger partial charge in [-0.1, -0.05) is 23.7 Å². The Kier molecular flexibility index (Phi) is 6.12. The Morgan fingerprint density at radius 1 is 1.08 bits per heavy atom. The first-order valence-corrected chi connectivity index (χ1v) is 9.17. The summed E-state index contributed by atoms with van der Waals surface area (Å²) < 4.78 is 12.9. The number of anilines is 1. The van der Waals surface area contributed by atoms with E-state index in [9.17, 15) is 9.18 Å². The molecule has 0 bridgehead atoms. The lowest BCUT2D eigenvalue weighted by Crippen LogP contribution is -2.53. The van der Waals surface area contributed by atoms with Gasteiger partial charge < -0.3 is 10.2 Å². The van der Waals surface area contributed by atoms with Crippen molar-refractivity contribution in [3.8, 4) is 0 Å². The number of nitrogens with one attached hydrogen (secondary N) is 1. The summed E-state index contributed by atoms with van der Waals surface area (Å²) in [5.74, 6) is -0.277. The number of carbonyl (C=O) groups is 1. The van der Waals surface area contributed by atoms with Gasteiger partial charge in [-0.2, -0.15) is 0 Å². The highest BCUT2D eigenvalue weighted by Crippen LogP contribution is 2.20. The van der Waals surface area contributed by atoms with E-state index in [2.05, 4.69) is 15.1 Å². The molecule has 2 aromatic rings. The molecule has 6 heteroatoms. The average molecular weight is 376 g/mol. The van der Waals surface area contributed by atoms with Crippen LogP contribution < -0.4 is 10.2 Å². The van der Waals surface area contributed by atoms with Crippen molar-refractivity contribution in [2.45, 2.75) is 19.5 Å². The average Bonchev–Trinajstić information content (AvgIpc) is 2.67. The summed E-state index contributed by atoms with van der Waals surface area (Å²) in [6.07, 6.45) is 0. The quantitative estimate of drug-likeness (QED) is 0.870. The highest BCUT2D eigenvalue weighted by molar-refractivity contribution is 6.30. The van der Waals surface area contributed by atoms with Gasteiger partial charge in [-0.3, -0.25) is 9.69 Å². The van der Waals surface area contributed by atoms with Crippen LogP contribution in [0.3, 0.4) is 0 Å². The maximum absolute atomic E-state index is 12.9. The molecular weight excluding hydrogens is 353 g/mol. The Balaban J connectivity index is 1.48. The lowest BCUT2D eigenvalue weighted by atomic mass is 10.2. The fourth-order valence-electron chi connectivity index (χ4n) is 3.12. The van der Waals surface area contributed by atoms with Crippen LogP contribution in [0.2, 0.25) is 5.02 Å². The highest BCUT2D eigenvalue weighted by atomic mass is 35.5. The summed E-state index contributed by atoms with van der Waals surface area (Å²) in [6, 6.07) is 13.8. The Hall–Kier alpha value is -2.11. The van der Waals surface area contributed by atoms with E-state index in [-0.39, 0.29) is 17.8 Å². The van der Waals surface area contributed by atoms with Crippen molar-refractivity contribution >= 4 is 23.2 Å². The summed E-state index contributed by atoms with van der Waals surface area (Å²) in [4.78, 5) is 16.9. The number of halogens is 2. The number of hydrogen-bond acceptors (Lipinski definition) is 3. The minimum atomic E-state index is -0.271. The summed E-state index contributed by atoms with van der Waals surface area (Å²) in [6.45, 7) is 5.74. The molecule has 1 heterocycles. The maximum Gasteiger partial charge on any atom is 0.237 e. The molecule has 0 aliphatic carbocycles. The number of hydrogen-bond donors (Lipinski definition) is 1. The largest absolute Gasteiger partial charge is 0.369 e. The molecule has 26 heavy (non-hydrogen) atoms. The van der Waals surface area contributed by atoms with Crippen LogP contribution in [0.5, 0.6) is 0 Å². The number of piperazine rings is 1. The van der Waals surface area contributed by atoms with Crippen molar-refractivity contribution in [3.05, 3.63) is 64.9 Å². The molecule has 1 aliphatic heterocycles. The molecule has 1 aliphatic rings. The van der Waals surface area contributed by atoms with Crippen LogP contribution in [0.1, 0.15) is 12.5 Å². The van der Waals surface area contributed by atoms with E-state index in [1.54, 1.807) is 12.1 Å². The maximum atomic E-state index is 12.9. The van der Waals surface area contributed by atoms with Crippen molar-refractivity contribution in [1.82, 2.24) is 10.2 Å². The molecule has 0 radical (unpaired) electrons. The molecule has 0 aromatic heterocycles. The summed E-state index contributed by atoms with van der Waals surface area (Å²) in [5, 5.41) is 3.67. The number of amides is 1. The Morgan fingerprint density at radius 2 is 1.69 bits per heavy atom. The lowest BCUT2D eigenvalue weighted by molar-refractivity contribution is -0.126. The van der Waals surface area contributed by atoms with E-state index in [1.165, 1.54) is 12.1 Å². The summed E-state index contributed by atoms with van der Waals surface area (Å²) in [5.41, 5.74) is 2.04. The first-order chi connectivity index (χ1) is 12.5. The van der Waals surface area contributed by atoms with Crippen LogP contribution >= 0.6 is 11.6 Å².